The van der Waals surface area contributed by atoms with Crippen LogP contribution in [-0.2, 0) is 16.4 Å². The molecule has 41 heavy (non-hydrogen) atoms. The minimum Gasteiger partial charge on any atom is -0.476 e. The lowest BCUT2D eigenvalue weighted by atomic mass is 9.89. The fraction of sp³-hybridized carbons (Fsp3) is 0.207. The second-order valence-electron chi connectivity index (χ2n) is 9.89. The maximum absolute atomic E-state index is 14.5. The number of halogens is 2. The summed E-state index contributed by atoms with van der Waals surface area (Å²) in [7, 11) is -3.99. The number of benzene rings is 1. The fourth-order valence-corrected chi connectivity index (χ4v) is 6.15. The molecule has 3 aliphatic rings. The summed E-state index contributed by atoms with van der Waals surface area (Å²) in [6.45, 7) is 0. The molecule has 0 amide bonds. The Kier molecular flexibility index (Phi) is 6.60. The summed E-state index contributed by atoms with van der Waals surface area (Å²) in [5.41, 5.74) is 9.74. The third kappa shape index (κ3) is 5.31. The Morgan fingerprint density at radius 3 is 2.59 bits per heavy atom. The van der Waals surface area contributed by atoms with E-state index in [1.54, 1.807) is 0 Å². The topological polar surface area (TPSA) is 128 Å². The second kappa shape index (κ2) is 10.0. The first kappa shape index (κ1) is 27.0. The third-order valence-corrected chi connectivity index (χ3v) is 8.71. The van der Waals surface area contributed by atoms with Crippen LogP contribution in [0.4, 0.5) is 8.78 Å². The molecular formula is C29H22F2N4O4S2. The normalized spacial score (nSPS) is 19.3. The van der Waals surface area contributed by atoms with Gasteiger partial charge in [-0.05, 0) is 53.5 Å². The number of nitrogens with zero attached hydrogens (tertiary/aromatic N) is 3. The van der Waals surface area contributed by atoms with Crippen LogP contribution in [0.2, 0.25) is 0 Å². The van der Waals surface area contributed by atoms with Crippen molar-refractivity contribution in [3.8, 4) is 5.13 Å². The predicted molar refractivity (Wildman–Crippen MR) is 150 cm³/mol. The van der Waals surface area contributed by atoms with Crippen LogP contribution in [0.3, 0.4) is 0 Å². The van der Waals surface area contributed by atoms with Crippen LogP contribution in [0.5, 0.6) is 0 Å². The van der Waals surface area contributed by atoms with Gasteiger partial charge in [-0.25, -0.2) is 36.8 Å². The van der Waals surface area contributed by atoms with Gasteiger partial charge >= 0.3 is 5.97 Å². The Bertz CT molecular complexity index is 1900. The monoisotopic (exact) mass is 592 g/mol. The Morgan fingerprint density at radius 2 is 1.98 bits per heavy atom. The smallest absolute Gasteiger partial charge is 0.355 e. The quantitative estimate of drug-likeness (QED) is 0.338. The number of rotatable bonds is 8. The van der Waals surface area contributed by atoms with Crippen molar-refractivity contribution < 1.29 is 27.1 Å². The predicted octanol–water partition coefficient (Wildman–Crippen LogP) is 5.38. The van der Waals surface area contributed by atoms with Gasteiger partial charge in [-0.3, -0.25) is 0 Å². The summed E-state index contributed by atoms with van der Waals surface area (Å²) < 4.78 is 53.9. The summed E-state index contributed by atoms with van der Waals surface area (Å²) in [5.74, 6) is -5.25. The number of sulfonamides is 1. The van der Waals surface area contributed by atoms with Crippen LogP contribution < -0.4 is 5.14 Å². The molecule has 3 N–H and O–H groups in total. The van der Waals surface area contributed by atoms with E-state index in [2.05, 4.69) is 27.6 Å². The molecule has 2 heterocycles. The molecule has 1 aromatic carbocycles. The van der Waals surface area contributed by atoms with E-state index in [1.807, 2.05) is 36.4 Å². The zero-order valence-corrected chi connectivity index (χ0v) is 23.0. The molecule has 1 atom stereocenters. The van der Waals surface area contributed by atoms with E-state index in [-0.39, 0.29) is 34.3 Å². The summed E-state index contributed by atoms with van der Waals surface area (Å²) in [6.07, 6.45) is 7.95. The third-order valence-electron chi connectivity index (χ3n) is 7.04. The average Bonchev–Trinajstić information content (AvgIpc) is 3.27. The molecule has 1 unspecified atom stereocenters. The van der Waals surface area contributed by atoms with Crippen LogP contribution >= 0.6 is 11.3 Å². The number of aromatic nitrogens is 3. The largest absolute Gasteiger partial charge is 0.476 e. The highest BCUT2D eigenvalue weighted by atomic mass is 32.2. The highest BCUT2D eigenvalue weighted by Gasteiger charge is 2.60. The Labute approximate surface area is 237 Å². The zero-order valence-electron chi connectivity index (χ0n) is 21.3. The number of thiazole rings is 1. The Balaban J connectivity index is 1.56. The molecule has 3 aromatic rings. The molecule has 1 saturated carbocycles. The number of carbonyl (C=O) groups is 1. The van der Waals surface area contributed by atoms with Gasteiger partial charge in [-0.15, -0.1) is 11.3 Å². The first-order valence-corrected chi connectivity index (χ1v) is 15.0. The molecule has 0 bridgehead atoms. The van der Waals surface area contributed by atoms with Gasteiger partial charge in [0.25, 0.3) is 5.92 Å². The maximum Gasteiger partial charge on any atom is 0.355 e. The van der Waals surface area contributed by atoms with E-state index in [1.165, 1.54) is 22.2 Å². The minimum atomic E-state index is -3.99. The molecule has 1 fully saturated rings. The lowest BCUT2D eigenvalue weighted by Crippen LogP contribution is -2.13. The van der Waals surface area contributed by atoms with Crippen molar-refractivity contribution in [3.05, 3.63) is 110 Å². The summed E-state index contributed by atoms with van der Waals surface area (Å²) in [5, 5.41) is 20.9. The van der Waals surface area contributed by atoms with E-state index in [0.717, 1.165) is 28.0 Å². The highest BCUT2D eigenvalue weighted by Crippen LogP contribution is 2.57. The van der Waals surface area contributed by atoms with E-state index in [4.69, 9.17) is 5.14 Å². The standard InChI is InChI=1S/C29H22F2N4O4S2/c30-29(31)15-23(29)25-22(13-17-9-11-21(12-10-17)41(32,38)39)26(35(34-25)28-33-24(16-40-28)27(36)37)20-8-4-7-19(14-20)18-5-2-1-3-6-18/h1-3,5-7,9,11,14,16,23H,4,8,13,15H2,(H,36,37)(H2,32,38,39). The van der Waals surface area contributed by atoms with Crippen LogP contribution in [0.1, 0.15) is 58.2 Å². The van der Waals surface area contributed by atoms with Gasteiger partial charge in [-0.1, -0.05) is 42.1 Å². The number of primary sulfonamides is 1. The number of alkyl halides is 2. The molecule has 12 heteroatoms. The van der Waals surface area contributed by atoms with Gasteiger partial charge in [0.1, 0.15) is 4.91 Å². The van der Waals surface area contributed by atoms with Crippen molar-refractivity contribution in [2.75, 3.05) is 0 Å². The molecule has 208 valence electrons. The zero-order chi connectivity index (χ0) is 28.9. The molecule has 0 spiro atoms. The molecule has 0 radical (unpaired) electrons. The number of carboxylic acids is 1. The van der Waals surface area contributed by atoms with E-state index in [9.17, 15) is 27.1 Å². The molecule has 3 aliphatic carbocycles. The number of allylic oxidation sites excluding steroid dienone is 7. The van der Waals surface area contributed by atoms with Gasteiger partial charge in [0.2, 0.25) is 15.2 Å². The van der Waals surface area contributed by atoms with Crippen molar-refractivity contribution in [1.29, 1.82) is 0 Å². The van der Waals surface area contributed by atoms with Crippen LogP contribution in [0, 0.1) is 0 Å². The number of carboxylic acid groups (broad SMARTS) is 1. The van der Waals surface area contributed by atoms with Crippen LogP contribution in [0.15, 0.2) is 82.0 Å². The molecule has 0 saturated heterocycles. The average molecular weight is 593 g/mol. The first-order valence-electron chi connectivity index (χ1n) is 12.6. The van der Waals surface area contributed by atoms with Gasteiger partial charge in [0, 0.05) is 29.4 Å². The Hall–Kier alpha value is -4.18. The summed E-state index contributed by atoms with van der Waals surface area (Å²) >= 11 is 1.06. The lowest BCUT2D eigenvalue weighted by Gasteiger charge is -2.17. The number of hydrogen-bond donors (Lipinski definition) is 2. The van der Waals surface area contributed by atoms with Crippen molar-refractivity contribution in [2.45, 2.75) is 37.5 Å². The van der Waals surface area contributed by atoms with E-state index >= 15 is 0 Å². The van der Waals surface area contributed by atoms with Gasteiger partial charge in [0.05, 0.1) is 17.3 Å². The van der Waals surface area contributed by atoms with Crippen molar-refractivity contribution in [3.63, 3.8) is 0 Å². The van der Waals surface area contributed by atoms with Crippen molar-refractivity contribution in [2.24, 2.45) is 5.14 Å². The Morgan fingerprint density at radius 1 is 1.22 bits per heavy atom. The second-order valence-corrected chi connectivity index (χ2v) is 12.3. The van der Waals surface area contributed by atoms with Crippen molar-refractivity contribution >= 4 is 38.5 Å². The minimum absolute atomic E-state index is 0.109. The fourth-order valence-electron chi connectivity index (χ4n) is 4.94. The molecule has 2 aromatic heterocycles. The number of hydrogen-bond acceptors (Lipinski definition) is 6. The lowest BCUT2D eigenvalue weighted by molar-refractivity contribution is 0.0691. The number of aromatic carboxylic acids is 1. The molecule has 6 rings (SSSR count). The van der Waals surface area contributed by atoms with Crippen molar-refractivity contribution in [1.82, 2.24) is 14.8 Å². The van der Waals surface area contributed by atoms with E-state index < -0.39 is 27.8 Å². The maximum atomic E-state index is 14.5. The molecule has 8 nitrogen and oxygen atoms in total. The molecule has 0 aliphatic heterocycles. The van der Waals surface area contributed by atoms with E-state index in [0.29, 0.717) is 29.7 Å². The summed E-state index contributed by atoms with van der Waals surface area (Å²) in [6, 6.07) is 9.75. The summed E-state index contributed by atoms with van der Waals surface area (Å²) in [4.78, 5) is 15.6. The van der Waals surface area contributed by atoms with Crippen LogP contribution in [0.25, 0.3) is 16.3 Å². The number of nitrogens with two attached hydrogens (primary N) is 1. The SMILES string of the molecule is NS(=O)(=O)C1=C=C=C(Cc2c(C3CC3(F)F)nn(-c3nc(C(=O)O)cs3)c2C2=CC(c3ccccc3)=CCC2)C=C1. The van der Waals surface area contributed by atoms with Gasteiger partial charge in [-0.2, -0.15) is 5.10 Å². The first-order chi connectivity index (χ1) is 19.5. The van der Waals surface area contributed by atoms with Gasteiger partial charge in [0.15, 0.2) is 5.69 Å². The van der Waals surface area contributed by atoms with Gasteiger partial charge < -0.3 is 5.11 Å². The molecular weight excluding hydrogens is 570 g/mol. The highest BCUT2D eigenvalue weighted by molar-refractivity contribution is 7.93. The van der Waals surface area contributed by atoms with Crippen LogP contribution in [-0.4, -0.2) is 40.2 Å².